The number of para-hydroxylation sites is 1. The average molecular weight is 260 g/mol. The van der Waals surface area contributed by atoms with E-state index in [0.717, 1.165) is 20.1 Å². The molecule has 3 aromatic rings. The van der Waals surface area contributed by atoms with Gasteiger partial charge in [-0.1, -0.05) is 12.1 Å². The molecule has 1 aromatic carbocycles. The van der Waals surface area contributed by atoms with Crippen LogP contribution >= 0.6 is 22.7 Å². The van der Waals surface area contributed by atoms with Crippen LogP contribution in [-0.4, -0.2) is 10.9 Å². The molecule has 3 rings (SSSR count). The quantitative estimate of drug-likeness (QED) is 0.769. The Hall–Kier alpha value is -1.72. The van der Waals surface area contributed by atoms with Gasteiger partial charge in [0.1, 0.15) is 5.01 Å². The van der Waals surface area contributed by atoms with E-state index in [0.29, 0.717) is 5.56 Å². The molecule has 2 N–H and O–H groups in total. The highest BCUT2D eigenvalue weighted by atomic mass is 32.1. The van der Waals surface area contributed by atoms with Crippen LogP contribution in [0.3, 0.4) is 0 Å². The van der Waals surface area contributed by atoms with Crippen LogP contribution in [0.25, 0.3) is 20.1 Å². The van der Waals surface area contributed by atoms with Crippen LogP contribution < -0.4 is 5.73 Å². The van der Waals surface area contributed by atoms with Gasteiger partial charge in [0.05, 0.1) is 20.7 Å². The van der Waals surface area contributed by atoms with Gasteiger partial charge in [-0.15, -0.1) is 22.7 Å². The Kier molecular flexibility index (Phi) is 2.42. The zero-order valence-corrected chi connectivity index (χ0v) is 10.3. The van der Waals surface area contributed by atoms with Gasteiger partial charge in [-0.05, 0) is 23.6 Å². The first-order valence-electron chi connectivity index (χ1n) is 4.99. The summed E-state index contributed by atoms with van der Waals surface area (Å²) in [4.78, 5) is 16.7. The lowest BCUT2D eigenvalue weighted by atomic mass is 10.2. The third kappa shape index (κ3) is 1.73. The molecular formula is C12H8N2OS2. The van der Waals surface area contributed by atoms with Crippen molar-refractivity contribution in [2.24, 2.45) is 5.73 Å². The highest BCUT2D eigenvalue weighted by Crippen LogP contribution is 2.35. The van der Waals surface area contributed by atoms with Crippen LogP contribution in [0.5, 0.6) is 0 Å². The van der Waals surface area contributed by atoms with Crippen LogP contribution in [0, 0.1) is 0 Å². The summed E-state index contributed by atoms with van der Waals surface area (Å²) in [6.07, 6.45) is 0. The van der Waals surface area contributed by atoms with Gasteiger partial charge >= 0.3 is 0 Å². The van der Waals surface area contributed by atoms with Crippen LogP contribution in [-0.2, 0) is 0 Å². The fraction of sp³-hybridized carbons (Fsp3) is 0. The molecule has 3 nitrogen and oxygen atoms in total. The molecule has 2 heterocycles. The third-order valence-electron chi connectivity index (χ3n) is 2.42. The molecule has 0 saturated carbocycles. The average Bonchev–Trinajstić information content (AvgIpc) is 2.95. The van der Waals surface area contributed by atoms with Crippen molar-refractivity contribution in [2.45, 2.75) is 0 Å². The minimum Gasteiger partial charge on any atom is -0.366 e. The number of thiophene rings is 1. The number of hydrogen-bond acceptors (Lipinski definition) is 4. The summed E-state index contributed by atoms with van der Waals surface area (Å²) < 4.78 is 1.12. The van der Waals surface area contributed by atoms with Gasteiger partial charge in [-0.3, -0.25) is 4.79 Å². The molecule has 0 aliphatic carbocycles. The van der Waals surface area contributed by atoms with Gasteiger partial charge < -0.3 is 5.73 Å². The molecule has 0 bridgehead atoms. The summed E-state index contributed by atoms with van der Waals surface area (Å²) in [7, 11) is 0. The second kappa shape index (κ2) is 3.94. The maximum absolute atomic E-state index is 11.3. The predicted molar refractivity (Wildman–Crippen MR) is 71.5 cm³/mol. The normalized spacial score (nSPS) is 10.8. The molecule has 84 valence electrons. The van der Waals surface area contributed by atoms with E-state index in [-0.39, 0.29) is 0 Å². The number of hydrogen-bond donors (Lipinski definition) is 1. The first kappa shape index (κ1) is 10.4. The molecule has 17 heavy (non-hydrogen) atoms. The molecule has 2 aromatic heterocycles. The number of fused-ring (bicyclic) bond motifs is 1. The zero-order chi connectivity index (χ0) is 11.8. The van der Waals surface area contributed by atoms with E-state index in [1.54, 1.807) is 17.4 Å². The summed E-state index contributed by atoms with van der Waals surface area (Å²) in [5.41, 5.74) is 6.84. The number of carbonyl (C=O) groups excluding carboxylic acids is 1. The van der Waals surface area contributed by atoms with E-state index < -0.39 is 5.91 Å². The monoisotopic (exact) mass is 260 g/mol. The molecule has 0 atom stereocenters. The number of primary amides is 1. The van der Waals surface area contributed by atoms with Crippen molar-refractivity contribution in [3.63, 3.8) is 0 Å². The van der Waals surface area contributed by atoms with Crippen molar-refractivity contribution in [1.29, 1.82) is 0 Å². The number of rotatable bonds is 2. The summed E-state index contributed by atoms with van der Waals surface area (Å²) in [6, 6.07) is 9.66. The number of carbonyl (C=O) groups is 1. The molecule has 1 amide bonds. The van der Waals surface area contributed by atoms with E-state index >= 15 is 0 Å². The Labute approximate surface area is 106 Å². The van der Waals surface area contributed by atoms with E-state index in [4.69, 9.17) is 5.73 Å². The Balaban J connectivity index is 2.20. The number of thiazole rings is 1. The molecule has 0 aliphatic rings. The molecule has 0 spiro atoms. The van der Waals surface area contributed by atoms with Gasteiger partial charge in [0.2, 0.25) is 5.91 Å². The first-order chi connectivity index (χ1) is 8.25. The van der Waals surface area contributed by atoms with Gasteiger partial charge in [-0.25, -0.2) is 4.98 Å². The van der Waals surface area contributed by atoms with Gasteiger partial charge in [0.25, 0.3) is 0 Å². The van der Waals surface area contributed by atoms with E-state index in [2.05, 4.69) is 4.98 Å². The van der Waals surface area contributed by atoms with Crippen molar-refractivity contribution >= 4 is 38.8 Å². The van der Waals surface area contributed by atoms with E-state index in [9.17, 15) is 4.79 Å². The molecule has 0 saturated heterocycles. The highest BCUT2D eigenvalue weighted by Gasteiger charge is 2.15. The Bertz CT molecular complexity index is 666. The van der Waals surface area contributed by atoms with Crippen LogP contribution in [0.15, 0.2) is 35.7 Å². The van der Waals surface area contributed by atoms with E-state index in [1.165, 1.54) is 11.3 Å². The highest BCUT2D eigenvalue weighted by molar-refractivity contribution is 7.25. The van der Waals surface area contributed by atoms with Crippen molar-refractivity contribution in [3.8, 4) is 9.88 Å². The van der Waals surface area contributed by atoms with Crippen molar-refractivity contribution in [1.82, 2.24) is 4.98 Å². The number of aromatic nitrogens is 1. The molecule has 0 radical (unpaired) electrons. The van der Waals surface area contributed by atoms with Crippen LogP contribution in [0.4, 0.5) is 0 Å². The summed E-state index contributed by atoms with van der Waals surface area (Å²) in [6.45, 7) is 0. The summed E-state index contributed by atoms with van der Waals surface area (Å²) >= 11 is 3.07. The fourth-order valence-corrected chi connectivity index (χ4v) is 3.61. The number of nitrogens with two attached hydrogens (primary N) is 1. The molecule has 0 aliphatic heterocycles. The maximum Gasteiger partial charge on any atom is 0.250 e. The largest absolute Gasteiger partial charge is 0.366 e. The van der Waals surface area contributed by atoms with Crippen LogP contribution in [0.2, 0.25) is 0 Å². The Morgan fingerprint density at radius 3 is 2.82 bits per heavy atom. The lowest BCUT2D eigenvalue weighted by Crippen LogP contribution is -2.10. The summed E-state index contributed by atoms with van der Waals surface area (Å²) in [5.74, 6) is -0.402. The lowest BCUT2D eigenvalue weighted by Gasteiger charge is -1.94. The fourth-order valence-electron chi connectivity index (χ4n) is 1.64. The Morgan fingerprint density at radius 2 is 2.06 bits per heavy atom. The number of benzene rings is 1. The minimum atomic E-state index is -0.402. The van der Waals surface area contributed by atoms with Crippen molar-refractivity contribution in [3.05, 3.63) is 41.3 Å². The topological polar surface area (TPSA) is 56.0 Å². The van der Waals surface area contributed by atoms with Gasteiger partial charge in [0.15, 0.2) is 0 Å². The molecule has 0 fully saturated rings. The first-order valence-corrected chi connectivity index (χ1v) is 6.68. The van der Waals surface area contributed by atoms with Gasteiger partial charge in [-0.2, -0.15) is 0 Å². The van der Waals surface area contributed by atoms with Crippen LogP contribution in [0.1, 0.15) is 10.4 Å². The van der Waals surface area contributed by atoms with E-state index in [1.807, 2.05) is 29.6 Å². The molecule has 5 heteroatoms. The molecular weight excluding hydrogens is 252 g/mol. The molecule has 0 unspecified atom stereocenters. The van der Waals surface area contributed by atoms with Crippen molar-refractivity contribution in [2.75, 3.05) is 0 Å². The van der Waals surface area contributed by atoms with Gasteiger partial charge in [0, 0.05) is 0 Å². The maximum atomic E-state index is 11.3. The predicted octanol–water partition coefficient (Wildman–Crippen LogP) is 3.12. The smallest absolute Gasteiger partial charge is 0.250 e. The summed E-state index contributed by atoms with van der Waals surface area (Å²) in [5, 5.41) is 2.72. The number of nitrogens with zero attached hydrogens (tertiary/aromatic N) is 1. The lowest BCUT2D eigenvalue weighted by molar-refractivity contribution is 0.100. The van der Waals surface area contributed by atoms with Crippen molar-refractivity contribution < 1.29 is 4.79 Å². The Morgan fingerprint density at radius 1 is 1.24 bits per heavy atom. The minimum absolute atomic E-state index is 0.402. The third-order valence-corrected chi connectivity index (χ3v) is 4.52. The second-order valence-electron chi connectivity index (χ2n) is 3.51. The standard InChI is InChI=1S/C12H8N2OS2/c13-11(15)7-5-6-16-10(7)12-14-8-3-1-2-4-9(8)17-12/h1-6H,(H2,13,15). The zero-order valence-electron chi connectivity index (χ0n) is 8.71. The second-order valence-corrected chi connectivity index (χ2v) is 5.46. The SMILES string of the molecule is NC(=O)c1ccsc1-c1nc2ccccc2s1. The number of amides is 1.